The SMILES string of the molecule is CCCCCCCCCCCCC(=O)C(C)(C)OCC. The first kappa shape index (κ1) is 19.6. The van der Waals surface area contributed by atoms with E-state index in [-0.39, 0.29) is 5.78 Å². The molecule has 2 heteroatoms. The average Bonchev–Trinajstić information content (AvgIpc) is 2.40. The quantitative estimate of drug-likeness (QED) is 0.383. The van der Waals surface area contributed by atoms with E-state index in [2.05, 4.69) is 6.92 Å². The summed E-state index contributed by atoms with van der Waals surface area (Å²) in [4.78, 5) is 12.0. The van der Waals surface area contributed by atoms with Gasteiger partial charge in [-0.3, -0.25) is 4.79 Å². The van der Waals surface area contributed by atoms with Gasteiger partial charge in [0.1, 0.15) is 5.60 Å². The molecule has 0 amide bonds. The number of carbonyl (C=O) groups is 1. The largest absolute Gasteiger partial charge is 0.368 e. The van der Waals surface area contributed by atoms with Crippen molar-refractivity contribution in [2.75, 3.05) is 6.61 Å². The molecule has 0 aliphatic heterocycles. The van der Waals surface area contributed by atoms with E-state index in [0.29, 0.717) is 13.0 Å². The molecule has 2 nitrogen and oxygen atoms in total. The van der Waals surface area contributed by atoms with E-state index in [0.717, 1.165) is 6.42 Å². The summed E-state index contributed by atoms with van der Waals surface area (Å²) in [5.74, 6) is 0.249. The standard InChI is InChI=1S/C18H36O2/c1-5-7-8-9-10-11-12-13-14-15-16-17(19)18(3,4)20-6-2/h5-16H2,1-4H3. The van der Waals surface area contributed by atoms with E-state index in [1.165, 1.54) is 57.8 Å². The molecule has 0 aliphatic carbocycles. The van der Waals surface area contributed by atoms with Gasteiger partial charge in [0.05, 0.1) is 0 Å². The molecular formula is C18H36O2. The highest BCUT2D eigenvalue weighted by Gasteiger charge is 2.26. The zero-order valence-corrected chi connectivity index (χ0v) is 14.3. The molecule has 0 aromatic heterocycles. The molecule has 0 unspecified atom stereocenters. The number of hydrogen-bond acceptors (Lipinski definition) is 2. The number of hydrogen-bond donors (Lipinski definition) is 0. The van der Waals surface area contributed by atoms with Crippen molar-refractivity contribution in [3.63, 3.8) is 0 Å². The van der Waals surface area contributed by atoms with Crippen LogP contribution in [0.3, 0.4) is 0 Å². The Morgan fingerprint density at radius 2 is 1.25 bits per heavy atom. The fourth-order valence-corrected chi connectivity index (χ4v) is 2.52. The van der Waals surface area contributed by atoms with E-state index in [4.69, 9.17) is 4.74 Å². The van der Waals surface area contributed by atoms with Crippen molar-refractivity contribution in [3.8, 4) is 0 Å². The average molecular weight is 284 g/mol. The van der Waals surface area contributed by atoms with Crippen LogP contribution in [-0.4, -0.2) is 18.0 Å². The van der Waals surface area contributed by atoms with Crippen molar-refractivity contribution in [1.29, 1.82) is 0 Å². The first-order chi connectivity index (χ1) is 9.54. The molecule has 120 valence electrons. The summed E-state index contributed by atoms with van der Waals surface area (Å²) in [5, 5.41) is 0. The maximum atomic E-state index is 12.0. The first-order valence-electron chi connectivity index (χ1n) is 8.71. The second-order valence-electron chi connectivity index (χ2n) is 6.30. The molecule has 0 bridgehead atoms. The summed E-state index contributed by atoms with van der Waals surface area (Å²) < 4.78 is 5.48. The molecule has 0 rings (SSSR count). The van der Waals surface area contributed by atoms with Gasteiger partial charge in [-0.15, -0.1) is 0 Å². The molecule has 0 aliphatic rings. The van der Waals surface area contributed by atoms with Crippen molar-refractivity contribution in [3.05, 3.63) is 0 Å². The second kappa shape index (κ2) is 12.4. The predicted octanol–water partition coefficient (Wildman–Crippen LogP) is 5.68. The zero-order chi connectivity index (χ0) is 15.3. The van der Waals surface area contributed by atoms with Gasteiger partial charge in [0.15, 0.2) is 5.78 Å². The number of ether oxygens (including phenoxy) is 1. The van der Waals surface area contributed by atoms with Gasteiger partial charge in [0.2, 0.25) is 0 Å². The van der Waals surface area contributed by atoms with Gasteiger partial charge in [-0.05, 0) is 27.2 Å². The fourth-order valence-electron chi connectivity index (χ4n) is 2.52. The van der Waals surface area contributed by atoms with Crippen LogP contribution in [0.15, 0.2) is 0 Å². The van der Waals surface area contributed by atoms with Crippen molar-refractivity contribution in [2.24, 2.45) is 0 Å². The number of Topliss-reactive ketones (excluding diaryl/α,β-unsaturated/α-hetero) is 1. The van der Waals surface area contributed by atoms with Crippen LogP contribution in [0.2, 0.25) is 0 Å². The lowest BCUT2D eigenvalue weighted by molar-refractivity contribution is -0.139. The van der Waals surface area contributed by atoms with Gasteiger partial charge in [-0.2, -0.15) is 0 Å². The van der Waals surface area contributed by atoms with Crippen LogP contribution in [0.1, 0.15) is 98.3 Å². The van der Waals surface area contributed by atoms with Crippen molar-refractivity contribution in [1.82, 2.24) is 0 Å². The minimum absolute atomic E-state index is 0.249. The second-order valence-corrected chi connectivity index (χ2v) is 6.30. The van der Waals surface area contributed by atoms with Crippen molar-refractivity contribution < 1.29 is 9.53 Å². The Balaban J connectivity index is 3.38. The number of ketones is 1. The van der Waals surface area contributed by atoms with E-state index >= 15 is 0 Å². The first-order valence-corrected chi connectivity index (χ1v) is 8.71. The predicted molar refractivity (Wildman–Crippen MR) is 87.2 cm³/mol. The fraction of sp³-hybridized carbons (Fsp3) is 0.944. The normalized spacial score (nSPS) is 11.8. The molecule has 0 saturated heterocycles. The minimum Gasteiger partial charge on any atom is -0.368 e. The van der Waals surface area contributed by atoms with Crippen LogP contribution in [-0.2, 0) is 9.53 Å². The number of unbranched alkanes of at least 4 members (excludes halogenated alkanes) is 9. The molecule has 0 N–H and O–H groups in total. The van der Waals surface area contributed by atoms with Crippen molar-refractivity contribution >= 4 is 5.78 Å². The van der Waals surface area contributed by atoms with Crippen LogP contribution < -0.4 is 0 Å². The minimum atomic E-state index is -0.589. The molecule has 0 spiro atoms. The lowest BCUT2D eigenvalue weighted by Gasteiger charge is -2.22. The van der Waals surface area contributed by atoms with Crippen LogP contribution in [0.5, 0.6) is 0 Å². The number of carbonyl (C=O) groups excluding carboxylic acids is 1. The van der Waals surface area contributed by atoms with Gasteiger partial charge in [-0.25, -0.2) is 0 Å². The lowest BCUT2D eigenvalue weighted by Crippen LogP contribution is -2.34. The highest BCUT2D eigenvalue weighted by Crippen LogP contribution is 2.16. The Kier molecular flexibility index (Phi) is 12.1. The zero-order valence-electron chi connectivity index (χ0n) is 14.3. The Morgan fingerprint density at radius 3 is 1.70 bits per heavy atom. The maximum absolute atomic E-state index is 12.0. The van der Waals surface area contributed by atoms with Gasteiger partial charge in [0.25, 0.3) is 0 Å². The third-order valence-corrected chi connectivity index (χ3v) is 3.93. The van der Waals surface area contributed by atoms with Gasteiger partial charge >= 0.3 is 0 Å². The molecule has 0 aromatic carbocycles. The summed E-state index contributed by atoms with van der Waals surface area (Å²) in [6, 6.07) is 0. The van der Waals surface area contributed by atoms with Crippen LogP contribution >= 0.6 is 0 Å². The van der Waals surface area contributed by atoms with E-state index in [1.54, 1.807) is 0 Å². The molecular weight excluding hydrogens is 248 g/mol. The Morgan fingerprint density at radius 1 is 0.800 bits per heavy atom. The molecule has 0 radical (unpaired) electrons. The van der Waals surface area contributed by atoms with Gasteiger partial charge in [0, 0.05) is 13.0 Å². The third-order valence-electron chi connectivity index (χ3n) is 3.93. The highest BCUT2D eigenvalue weighted by molar-refractivity contribution is 5.86. The molecule has 0 aromatic rings. The van der Waals surface area contributed by atoms with Crippen LogP contribution in [0.25, 0.3) is 0 Å². The van der Waals surface area contributed by atoms with E-state index in [1.807, 2.05) is 20.8 Å². The third kappa shape index (κ3) is 10.4. The summed E-state index contributed by atoms with van der Waals surface area (Å²) in [6.45, 7) is 8.57. The Bertz CT molecular complexity index is 234. The molecule has 0 saturated carbocycles. The molecule has 0 fully saturated rings. The van der Waals surface area contributed by atoms with Crippen LogP contribution in [0, 0.1) is 0 Å². The monoisotopic (exact) mass is 284 g/mol. The summed E-state index contributed by atoms with van der Waals surface area (Å²) in [5.41, 5.74) is -0.589. The smallest absolute Gasteiger partial charge is 0.164 e. The summed E-state index contributed by atoms with van der Waals surface area (Å²) >= 11 is 0. The van der Waals surface area contributed by atoms with Gasteiger partial charge < -0.3 is 4.74 Å². The number of rotatable bonds is 14. The Labute approximate surface area is 126 Å². The maximum Gasteiger partial charge on any atom is 0.164 e. The molecule has 0 atom stereocenters. The van der Waals surface area contributed by atoms with E-state index < -0.39 is 5.60 Å². The lowest BCUT2D eigenvalue weighted by atomic mass is 9.97. The van der Waals surface area contributed by atoms with E-state index in [9.17, 15) is 4.79 Å². The Hall–Kier alpha value is -0.370. The highest BCUT2D eigenvalue weighted by atomic mass is 16.5. The molecule has 0 heterocycles. The van der Waals surface area contributed by atoms with Gasteiger partial charge in [-0.1, -0.05) is 64.7 Å². The van der Waals surface area contributed by atoms with Crippen LogP contribution in [0.4, 0.5) is 0 Å². The summed E-state index contributed by atoms with van der Waals surface area (Å²) in [7, 11) is 0. The topological polar surface area (TPSA) is 26.3 Å². The molecule has 20 heavy (non-hydrogen) atoms. The van der Waals surface area contributed by atoms with Crippen molar-refractivity contribution in [2.45, 2.75) is 104 Å². The summed E-state index contributed by atoms with van der Waals surface area (Å²) in [6.07, 6.45) is 13.7.